The van der Waals surface area contributed by atoms with Crippen molar-refractivity contribution in [3.63, 3.8) is 0 Å². The lowest BCUT2D eigenvalue weighted by atomic mass is 9.70. The average Bonchev–Trinajstić information content (AvgIpc) is 2.85. The summed E-state index contributed by atoms with van der Waals surface area (Å²) in [5.74, 6) is 0.0465. The first-order valence-corrected chi connectivity index (χ1v) is 8.10. The first-order valence-electron chi connectivity index (χ1n) is 8.10. The molecule has 2 fully saturated rings. The number of hydrogen-bond acceptors (Lipinski definition) is 2. The Morgan fingerprint density at radius 2 is 1.86 bits per heavy atom. The van der Waals surface area contributed by atoms with Gasteiger partial charge in [-0.05, 0) is 36.2 Å². The number of aliphatic carboxylic acids is 1. The third kappa shape index (κ3) is 3.01. The highest BCUT2D eigenvalue weighted by Gasteiger charge is 2.39. The van der Waals surface area contributed by atoms with Crippen LogP contribution in [0.5, 0.6) is 0 Å². The van der Waals surface area contributed by atoms with Crippen LogP contribution in [0.4, 0.5) is 0 Å². The molecule has 4 heteroatoms. The van der Waals surface area contributed by atoms with Gasteiger partial charge in [-0.3, -0.25) is 9.59 Å². The minimum atomic E-state index is -0.782. The van der Waals surface area contributed by atoms with Crippen LogP contribution in [0.15, 0.2) is 30.3 Å². The summed E-state index contributed by atoms with van der Waals surface area (Å²) in [6.07, 6.45) is 2.71. The second kappa shape index (κ2) is 6.11. The lowest BCUT2D eigenvalue weighted by Gasteiger charge is -2.36. The maximum atomic E-state index is 12.3. The fourth-order valence-electron chi connectivity index (χ4n) is 3.77. The van der Waals surface area contributed by atoms with E-state index in [4.69, 9.17) is 5.11 Å². The monoisotopic (exact) mass is 301 g/mol. The first-order chi connectivity index (χ1) is 10.5. The Morgan fingerprint density at radius 3 is 2.45 bits per heavy atom. The molecule has 1 N–H and O–H groups in total. The fraction of sp³-hybridized carbons (Fsp3) is 0.556. The molecule has 1 aliphatic heterocycles. The van der Waals surface area contributed by atoms with Gasteiger partial charge in [0.25, 0.3) is 0 Å². The zero-order valence-corrected chi connectivity index (χ0v) is 12.9. The number of hydrogen-bond donors (Lipinski definition) is 1. The summed E-state index contributed by atoms with van der Waals surface area (Å²) >= 11 is 0. The SMILES string of the molecule is C[C@@H]1CN(C(=O)CC2CC(c3ccccc3)C2)C[C@H]1C(=O)O. The van der Waals surface area contributed by atoms with E-state index in [0.29, 0.717) is 31.3 Å². The summed E-state index contributed by atoms with van der Waals surface area (Å²) in [4.78, 5) is 25.2. The van der Waals surface area contributed by atoms with Gasteiger partial charge in [0.05, 0.1) is 5.92 Å². The summed E-state index contributed by atoms with van der Waals surface area (Å²) in [5, 5.41) is 9.15. The Morgan fingerprint density at radius 1 is 1.18 bits per heavy atom. The number of carboxylic acids is 1. The van der Waals surface area contributed by atoms with Crippen LogP contribution in [0.25, 0.3) is 0 Å². The van der Waals surface area contributed by atoms with Crippen molar-refractivity contribution in [2.75, 3.05) is 13.1 Å². The normalized spacial score (nSPS) is 30.9. The molecule has 22 heavy (non-hydrogen) atoms. The van der Waals surface area contributed by atoms with E-state index in [1.807, 2.05) is 13.0 Å². The smallest absolute Gasteiger partial charge is 0.308 e. The summed E-state index contributed by atoms with van der Waals surface area (Å²) in [6, 6.07) is 10.5. The largest absolute Gasteiger partial charge is 0.481 e. The molecule has 1 aromatic carbocycles. The standard InChI is InChI=1S/C18H23NO3/c1-12-10-19(11-16(12)18(21)22)17(20)9-13-7-15(8-13)14-5-3-2-4-6-14/h2-6,12-13,15-16H,7-11H2,1H3,(H,21,22)/t12-,13?,15?,16-/m1/s1. The molecule has 1 amide bonds. The second-order valence-electron chi connectivity index (χ2n) is 6.87. The van der Waals surface area contributed by atoms with Crippen molar-refractivity contribution >= 4 is 11.9 Å². The molecule has 1 saturated carbocycles. The van der Waals surface area contributed by atoms with E-state index in [0.717, 1.165) is 12.8 Å². The van der Waals surface area contributed by atoms with Gasteiger partial charge in [-0.25, -0.2) is 0 Å². The molecule has 1 saturated heterocycles. The Bertz CT molecular complexity index is 551. The zero-order chi connectivity index (χ0) is 15.7. The van der Waals surface area contributed by atoms with Crippen molar-refractivity contribution in [3.05, 3.63) is 35.9 Å². The van der Waals surface area contributed by atoms with E-state index >= 15 is 0 Å². The molecular weight excluding hydrogens is 278 g/mol. The number of benzene rings is 1. The molecule has 0 radical (unpaired) electrons. The highest BCUT2D eigenvalue weighted by molar-refractivity contribution is 5.79. The molecule has 4 nitrogen and oxygen atoms in total. The highest BCUT2D eigenvalue weighted by Crippen LogP contribution is 2.43. The maximum absolute atomic E-state index is 12.3. The van der Waals surface area contributed by atoms with Gasteiger partial charge in [-0.2, -0.15) is 0 Å². The molecule has 1 aromatic rings. The summed E-state index contributed by atoms with van der Waals surface area (Å²) < 4.78 is 0. The fourth-order valence-corrected chi connectivity index (χ4v) is 3.77. The topological polar surface area (TPSA) is 57.6 Å². The van der Waals surface area contributed by atoms with Gasteiger partial charge in [-0.15, -0.1) is 0 Å². The van der Waals surface area contributed by atoms with E-state index in [1.165, 1.54) is 5.56 Å². The van der Waals surface area contributed by atoms with E-state index in [-0.39, 0.29) is 11.8 Å². The summed E-state index contributed by atoms with van der Waals surface area (Å²) in [7, 11) is 0. The van der Waals surface area contributed by atoms with E-state index in [1.54, 1.807) is 4.90 Å². The van der Waals surface area contributed by atoms with Crippen molar-refractivity contribution in [2.24, 2.45) is 17.8 Å². The van der Waals surface area contributed by atoms with Gasteiger partial charge in [-0.1, -0.05) is 37.3 Å². The molecule has 0 unspecified atom stereocenters. The minimum Gasteiger partial charge on any atom is -0.481 e. The summed E-state index contributed by atoms with van der Waals surface area (Å²) in [5.41, 5.74) is 1.37. The van der Waals surface area contributed by atoms with E-state index in [9.17, 15) is 9.59 Å². The molecule has 3 rings (SSSR count). The van der Waals surface area contributed by atoms with Crippen LogP contribution in [0.3, 0.4) is 0 Å². The molecule has 2 aliphatic rings. The van der Waals surface area contributed by atoms with Crippen molar-refractivity contribution in [3.8, 4) is 0 Å². The Balaban J connectivity index is 1.47. The van der Waals surface area contributed by atoms with Crippen molar-refractivity contribution in [1.29, 1.82) is 0 Å². The number of rotatable bonds is 4. The second-order valence-corrected chi connectivity index (χ2v) is 6.87. The van der Waals surface area contributed by atoms with Crippen molar-refractivity contribution in [2.45, 2.75) is 32.1 Å². The Labute approximate surface area is 131 Å². The van der Waals surface area contributed by atoms with E-state index in [2.05, 4.69) is 24.3 Å². The summed E-state index contributed by atoms with van der Waals surface area (Å²) in [6.45, 7) is 2.88. The number of carboxylic acid groups (broad SMARTS) is 1. The molecule has 2 atom stereocenters. The van der Waals surface area contributed by atoms with Gasteiger partial charge in [0.2, 0.25) is 5.91 Å². The molecule has 1 heterocycles. The predicted octanol–water partition coefficient (Wildman–Crippen LogP) is 2.75. The average molecular weight is 301 g/mol. The molecule has 0 spiro atoms. The third-order valence-corrected chi connectivity index (χ3v) is 5.25. The predicted molar refractivity (Wildman–Crippen MR) is 83.4 cm³/mol. The lowest BCUT2D eigenvalue weighted by Crippen LogP contribution is -2.34. The molecule has 118 valence electrons. The van der Waals surface area contributed by atoms with Gasteiger partial charge < -0.3 is 10.0 Å². The van der Waals surface area contributed by atoms with Gasteiger partial charge in [0.1, 0.15) is 0 Å². The minimum absolute atomic E-state index is 0.0555. The van der Waals surface area contributed by atoms with Crippen LogP contribution in [0.1, 0.15) is 37.7 Å². The number of likely N-dealkylation sites (tertiary alicyclic amines) is 1. The van der Waals surface area contributed by atoms with Crippen LogP contribution < -0.4 is 0 Å². The number of carbonyl (C=O) groups is 2. The van der Waals surface area contributed by atoms with Crippen LogP contribution in [0, 0.1) is 17.8 Å². The number of nitrogens with zero attached hydrogens (tertiary/aromatic N) is 1. The van der Waals surface area contributed by atoms with Crippen molar-refractivity contribution < 1.29 is 14.7 Å². The third-order valence-electron chi connectivity index (χ3n) is 5.25. The maximum Gasteiger partial charge on any atom is 0.308 e. The molecule has 1 aliphatic carbocycles. The van der Waals surface area contributed by atoms with Crippen LogP contribution in [-0.2, 0) is 9.59 Å². The molecule has 0 bridgehead atoms. The Hall–Kier alpha value is -1.84. The van der Waals surface area contributed by atoms with Gasteiger partial charge in [0, 0.05) is 19.5 Å². The van der Waals surface area contributed by atoms with Gasteiger partial charge in [0.15, 0.2) is 0 Å². The van der Waals surface area contributed by atoms with Crippen LogP contribution >= 0.6 is 0 Å². The Kier molecular flexibility index (Phi) is 4.19. The van der Waals surface area contributed by atoms with E-state index < -0.39 is 11.9 Å². The van der Waals surface area contributed by atoms with Crippen LogP contribution in [-0.4, -0.2) is 35.0 Å². The highest BCUT2D eigenvalue weighted by atomic mass is 16.4. The lowest BCUT2D eigenvalue weighted by molar-refractivity contribution is -0.142. The number of amides is 1. The number of carbonyl (C=O) groups excluding carboxylic acids is 1. The van der Waals surface area contributed by atoms with Crippen LogP contribution in [0.2, 0.25) is 0 Å². The first kappa shape index (κ1) is 15.1. The van der Waals surface area contributed by atoms with Crippen molar-refractivity contribution in [1.82, 2.24) is 4.90 Å². The van der Waals surface area contributed by atoms with Gasteiger partial charge >= 0.3 is 5.97 Å². The zero-order valence-electron chi connectivity index (χ0n) is 12.9. The molecular formula is C18H23NO3. The quantitative estimate of drug-likeness (QED) is 0.930. The molecule has 0 aromatic heterocycles.